The van der Waals surface area contributed by atoms with Gasteiger partial charge in [0.2, 0.25) is 0 Å². The van der Waals surface area contributed by atoms with Crippen LogP contribution in [0.3, 0.4) is 0 Å². The summed E-state index contributed by atoms with van der Waals surface area (Å²) in [6.07, 6.45) is 0. The number of halogens is 1. The first-order chi connectivity index (χ1) is 8.63. The zero-order valence-corrected chi connectivity index (χ0v) is 11.4. The summed E-state index contributed by atoms with van der Waals surface area (Å²) in [5.74, 6) is 0. The van der Waals surface area contributed by atoms with Crippen LogP contribution in [0.5, 0.6) is 0 Å². The minimum absolute atomic E-state index is 0.0998. The molecule has 0 spiro atoms. The number of nitro groups is 1. The lowest BCUT2D eigenvalue weighted by atomic mass is 10.2. The molecule has 0 aliphatic carbocycles. The van der Waals surface area contributed by atoms with Crippen LogP contribution in [0.15, 0.2) is 30.3 Å². The molecule has 0 unspecified atom stereocenters. The largest absolute Gasteiger partial charge is 0.313 e. The molecule has 0 bridgehead atoms. The molecule has 0 saturated heterocycles. The van der Waals surface area contributed by atoms with E-state index in [1.165, 1.54) is 0 Å². The van der Waals surface area contributed by atoms with Gasteiger partial charge in [0.25, 0.3) is 0 Å². The molecular weight excluding hydrogens is 298 g/mol. The third-order valence-corrected chi connectivity index (χ3v) is 3.21. The SMILES string of the molecule is Cc1nn(Cc2ccccc2)c(CBr)c1[N+](=O)[O-]. The van der Waals surface area contributed by atoms with E-state index in [4.69, 9.17) is 0 Å². The fourth-order valence-electron chi connectivity index (χ4n) is 1.88. The molecule has 2 rings (SSSR count). The van der Waals surface area contributed by atoms with Crippen molar-refractivity contribution in [3.8, 4) is 0 Å². The van der Waals surface area contributed by atoms with Crippen molar-refractivity contribution in [2.45, 2.75) is 18.8 Å². The Labute approximate surface area is 113 Å². The highest BCUT2D eigenvalue weighted by atomic mass is 79.9. The quantitative estimate of drug-likeness (QED) is 0.495. The van der Waals surface area contributed by atoms with Gasteiger partial charge in [0.15, 0.2) is 0 Å². The van der Waals surface area contributed by atoms with Crippen molar-refractivity contribution in [2.75, 3.05) is 0 Å². The van der Waals surface area contributed by atoms with Crippen LogP contribution in [0.25, 0.3) is 0 Å². The molecule has 6 heteroatoms. The monoisotopic (exact) mass is 309 g/mol. The predicted octanol–water partition coefficient (Wildman–Crippen LogP) is 3.04. The van der Waals surface area contributed by atoms with Crippen molar-refractivity contribution in [3.05, 3.63) is 57.4 Å². The van der Waals surface area contributed by atoms with E-state index >= 15 is 0 Å². The van der Waals surface area contributed by atoms with Gasteiger partial charge >= 0.3 is 5.69 Å². The summed E-state index contributed by atoms with van der Waals surface area (Å²) >= 11 is 3.29. The number of hydrogen-bond donors (Lipinski definition) is 0. The Morgan fingerprint density at radius 2 is 2.06 bits per heavy atom. The second-order valence-electron chi connectivity index (χ2n) is 3.91. The average molecular weight is 310 g/mol. The van der Waals surface area contributed by atoms with Crippen LogP contribution in [0.4, 0.5) is 5.69 Å². The van der Waals surface area contributed by atoms with Gasteiger partial charge in [0.05, 0.1) is 16.8 Å². The molecule has 18 heavy (non-hydrogen) atoms. The van der Waals surface area contributed by atoms with Gasteiger partial charge in [-0.15, -0.1) is 0 Å². The van der Waals surface area contributed by atoms with Crippen molar-refractivity contribution >= 4 is 21.6 Å². The molecule has 5 nitrogen and oxygen atoms in total. The Morgan fingerprint density at radius 1 is 1.39 bits per heavy atom. The van der Waals surface area contributed by atoms with Crippen molar-refractivity contribution < 1.29 is 4.92 Å². The lowest BCUT2D eigenvalue weighted by molar-refractivity contribution is -0.386. The van der Waals surface area contributed by atoms with Crippen molar-refractivity contribution in [1.82, 2.24) is 9.78 Å². The molecule has 2 aromatic rings. The Morgan fingerprint density at radius 3 is 2.61 bits per heavy atom. The topological polar surface area (TPSA) is 61.0 Å². The Bertz CT molecular complexity index is 566. The van der Waals surface area contributed by atoms with Gasteiger partial charge in [0.1, 0.15) is 11.4 Å². The van der Waals surface area contributed by atoms with Gasteiger partial charge in [-0.2, -0.15) is 5.10 Å². The van der Waals surface area contributed by atoms with Gasteiger partial charge in [-0.05, 0) is 12.5 Å². The van der Waals surface area contributed by atoms with E-state index in [0.717, 1.165) is 5.56 Å². The van der Waals surface area contributed by atoms with Gasteiger partial charge in [0, 0.05) is 0 Å². The van der Waals surface area contributed by atoms with Crippen LogP contribution in [0.2, 0.25) is 0 Å². The van der Waals surface area contributed by atoms with E-state index in [1.54, 1.807) is 11.6 Å². The number of alkyl halides is 1. The average Bonchev–Trinajstić information content (AvgIpc) is 2.66. The molecular formula is C12H12BrN3O2. The maximum absolute atomic E-state index is 11.0. The smallest absolute Gasteiger partial charge is 0.258 e. The van der Waals surface area contributed by atoms with E-state index in [2.05, 4.69) is 21.0 Å². The summed E-state index contributed by atoms with van der Waals surface area (Å²) in [7, 11) is 0. The number of nitrogens with zero attached hydrogens (tertiary/aromatic N) is 3. The molecule has 0 atom stereocenters. The van der Waals surface area contributed by atoms with Crippen LogP contribution >= 0.6 is 15.9 Å². The molecule has 0 aliphatic rings. The van der Waals surface area contributed by atoms with E-state index in [-0.39, 0.29) is 10.6 Å². The summed E-state index contributed by atoms with van der Waals surface area (Å²) in [6, 6.07) is 9.76. The predicted molar refractivity (Wildman–Crippen MR) is 71.8 cm³/mol. The highest BCUT2D eigenvalue weighted by Gasteiger charge is 2.24. The second kappa shape index (κ2) is 5.30. The number of aromatic nitrogens is 2. The summed E-state index contributed by atoms with van der Waals surface area (Å²) in [4.78, 5) is 10.6. The molecule has 94 valence electrons. The van der Waals surface area contributed by atoms with Gasteiger partial charge in [-0.25, -0.2) is 0 Å². The highest BCUT2D eigenvalue weighted by molar-refractivity contribution is 9.08. The van der Waals surface area contributed by atoms with Crippen LogP contribution in [-0.2, 0) is 11.9 Å². The molecule has 0 fully saturated rings. The molecule has 0 aliphatic heterocycles. The summed E-state index contributed by atoms with van der Waals surface area (Å²) in [5, 5.41) is 15.7. The summed E-state index contributed by atoms with van der Waals surface area (Å²) in [5.41, 5.74) is 2.21. The first kappa shape index (κ1) is 12.8. The molecule has 0 radical (unpaired) electrons. The van der Waals surface area contributed by atoms with Crippen LogP contribution in [0.1, 0.15) is 17.0 Å². The third kappa shape index (κ3) is 2.43. The fourth-order valence-corrected chi connectivity index (χ4v) is 2.43. The zero-order valence-electron chi connectivity index (χ0n) is 9.84. The minimum Gasteiger partial charge on any atom is -0.258 e. The molecule has 0 N–H and O–H groups in total. The maximum atomic E-state index is 11.0. The van der Waals surface area contributed by atoms with Crippen molar-refractivity contribution in [3.63, 3.8) is 0 Å². The normalized spacial score (nSPS) is 10.6. The molecule has 1 heterocycles. The standard InChI is InChI=1S/C12H12BrN3O2/c1-9-12(16(17)18)11(7-13)15(14-9)8-10-5-3-2-4-6-10/h2-6H,7-8H2,1H3. The minimum atomic E-state index is -0.375. The van der Waals surface area contributed by atoms with Gasteiger partial charge in [-0.1, -0.05) is 46.3 Å². The maximum Gasteiger partial charge on any atom is 0.313 e. The lowest BCUT2D eigenvalue weighted by Crippen LogP contribution is -2.05. The Kier molecular flexibility index (Phi) is 3.76. The summed E-state index contributed by atoms with van der Waals surface area (Å²) in [6.45, 7) is 2.20. The van der Waals surface area contributed by atoms with Crippen molar-refractivity contribution in [2.24, 2.45) is 0 Å². The third-order valence-electron chi connectivity index (χ3n) is 2.68. The molecule has 1 aromatic carbocycles. The highest BCUT2D eigenvalue weighted by Crippen LogP contribution is 2.25. The molecule has 0 saturated carbocycles. The van der Waals surface area contributed by atoms with E-state index in [1.807, 2.05) is 30.3 Å². The first-order valence-electron chi connectivity index (χ1n) is 5.44. The number of aryl methyl sites for hydroxylation is 1. The van der Waals surface area contributed by atoms with Crippen LogP contribution in [-0.4, -0.2) is 14.7 Å². The zero-order chi connectivity index (χ0) is 13.1. The van der Waals surface area contributed by atoms with Crippen molar-refractivity contribution in [1.29, 1.82) is 0 Å². The second-order valence-corrected chi connectivity index (χ2v) is 4.48. The number of hydrogen-bond acceptors (Lipinski definition) is 3. The Balaban J connectivity index is 2.40. The summed E-state index contributed by atoms with van der Waals surface area (Å²) < 4.78 is 1.68. The first-order valence-corrected chi connectivity index (χ1v) is 6.56. The molecule has 1 aromatic heterocycles. The lowest BCUT2D eigenvalue weighted by Gasteiger charge is -2.04. The number of benzene rings is 1. The van der Waals surface area contributed by atoms with E-state index < -0.39 is 0 Å². The van der Waals surface area contributed by atoms with Gasteiger partial charge < -0.3 is 0 Å². The van der Waals surface area contributed by atoms with Gasteiger partial charge in [-0.3, -0.25) is 14.8 Å². The molecule has 0 amide bonds. The Hall–Kier alpha value is -1.69. The fraction of sp³-hybridized carbons (Fsp3) is 0.250. The van der Waals surface area contributed by atoms with Crippen LogP contribution < -0.4 is 0 Å². The van der Waals surface area contributed by atoms with E-state index in [0.29, 0.717) is 23.3 Å². The van der Waals surface area contributed by atoms with Crippen LogP contribution in [0, 0.1) is 17.0 Å². The number of rotatable bonds is 4. The van der Waals surface area contributed by atoms with E-state index in [9.17, 15) is 10.1 Å².